The first-order valence-corrected chi connectivity index (χ1v) is 13.0. The Morgan fingerprint density at radius 3 is 2.73 bits per heavy atom. The van der Waals surface area contributed by atoms with Gasteiger partial charge in [-0.25, -0.2) is 0 Å². The number of aromatic nitrogens is 4. The van der Waals surface area contributed by atoms with E-state index in [9.17, 15) is 4.79 Å². The molecule has 9 heteroatoms. The van der Waals surface area contributed by atoms with Crippen molar-refractivity contribution in [2.45, 2.75) is 32.2 Å². The van der Waals surface area contributed by atoms with Crippen molar-refractivity contribution < 1.29 is 9.53 Å². The molecule has 37 heavy (non-hydrogen) atoms. The van der Waals surface area contributed by atoms with Crippen molar-refractivity contribution in [2.24, 2.45) is 20.0 Å². The zero-order valence-electron chi connectivity index (χ0n) is 21.5. The summed E-state index contributed by atoms with van der Waals surface area (Å²) >= 11 is 0. The van der Waals surface area contributed by atoms with Gasteiger partial charge in [0.1, 0.15) is 11.4 Å². The zero-order chi connectivity index (χ0) is 25.5. The van der Waals surface area contributed by atoms with E-state index in [4.69, 9.17) is 9.84 Å². The fourth-order valence-corrected chi connectivity index (χ4v) is 5.41. The Balaban J connectivity index is 1.45. The van der Waals surface area contributed by atoms with Crippen LogP contribution in [0.15, 0.2) is 42.7 Å². The van der Waals surface area contributed by atoms with Crippen LogP contribution in [-0.4, -0.2) is 51.2 Å². The summed E-state index contributed by atoms with van der Waals surface area (Å²) in [5.41, 5.74) is 6.61. The molecule has 3 N–H and O–H groups in total. The number of nitrogens with one attached hydrogen (secondary N) is 3. The molecule has 0 aliphatic carbocycles. The van der Waals surface area contributed by atoms with Crippen molar-refractivity contribution in [3.8, 4) is 28.1 Å². The molecule has 1 saturated heterocycles. The molecule has 0 bridgehead atoms. The summed E-state index contributed by atoms with van der Waals surface area (Å²) in [7, 11) is 3.87. The van der Waals surface area contributed by atoms with Crippen LogP contribution in [0.2, 0.25) is 0 Å². The van der Waals surface area contributed by atoms with Crippen LogP contribution in [0.3, 0.4) is 0 Å². The fourth-order valence-electron chi connectivity index (χ4n) is 5.41. The predicted octanol–water partition coefficient (Wildman–Crippen LogP) is 4.16. The largest absolute Gasteiger partial charge is 0.493 e. The molecule has 4 heterocycles. The van der Waals surface area contributed by atoms with Gasteiger partial charge in [-0.3, -0.25) is 14.2 Å². The van der Waals surface area contributed by atoms with E-state index in [1.54, 1.807) is 4.68 Å². The lowest BCUT2D eigenvalue weighted by Gasteiger charge is -2.24. The van der Waals surface area contributed by atoms with Crippen LogP contribution in [0.25, 0.3) is 33.3 Å². The third kappa shape index (κ3) is 4.67. The number of carbonyl (C=O) groups is 1. The standard InChI is InChI=1S/C28H33N7O2/c1-17-10-26(36)32-24-13-21(37-16-18-6-8-29-9-7-18)12-22(28(24)31-17)19-4-5-25-23(11-19)27(33-35(25)3)20-14-30-34(2)15-20/h4-5,11-15,17-18,29,31H,6-10,16H2,1-3H3,(H,32,36). The molecule has 2 aromatic carbocycles. The van der Waals surface area contributed by atoms with Crippen molar-refractivity contribution in [3.05, 3.63) is 42.7 Å². The lowest BCUT2D eigenvalue weighted by Crippen LogP contribution is -2.30. The Morgan fingerprint density at radius 1 is 1.11 bits per heavy atom. The summed E-state index contributed by atoms with van der Waals surface area (Å²) in [5.74, 6) is 1.30. The predicted molar refractivity (Wildman–Crippen MR) is 146 cm³/mol. The van der Waals surface area contributed by atoms with Crippen LogP contribution in [0.4, 0.5) is 11.4 Å². The highest BCUT2D eigenvalue weighted by molar-refractivity contribution is 6.03. The summed E-state index contributed by atoms with van der Waals surface area (Å²) in [4.78, 5) is 12.6. The van der Waals surface area contributed by atoms with Gasteiger partial charge in [0.25, 0.3) is 0 Å². The van der Waals surface area contributed by atoms with Crippen LogP contribution in [-0.2, 0) is 18.9 Å². The average Bonchev–Trinajstić information content (AvgIpc) is 3.42. The molecule has 0 radical (unpaired) electrons. The Kier molecular flexibility index (Phi) is 6.08. The molecular formula is C28H33N7O2. The van der Waals surface area contributed by atoms with Gasteiger partial charge in [-0.15, -0.1) is 0 Å². The van der Waals surface area contributed by atoms with Gasteiger partial charge < -0.3 is 20.7 Å². The summed E-state index contributed by atoms with van der Waals surface area (Å²) in [6.07, 6.45) is 6.46. The molecule has 2 aromatic heterocycles. The number of anilines is 2. The molecule has 1 amide bonds. The first kappa shape index (κ1) is 23.5. The number of rotatable bonds is 5. The van der Waals surface area contributed by atoms with Gasteiger partial charge in [-0.1, -0.05) is 6.07 Å². The number of amides is 1. The number of fused-ring (bicyclic) bond motifs is 2. The summed E-state index contributed by atoms with van der Waals surface area (Å²) in [5, 5.41) is 20.3. The smallest absolute Gasteiger partial charge is 0.226 e. The van der Waals surface area contributed by atoms with Crippen LogP contribution >= 0.6 is 0 Å². The van der Waals surface area contributed by atoms with E-state index in [1.165, 1.54) is 0 Å². The van der Waals surface area contributed by atoms with Gasteiger partial charge in [0.05, 0.1) is 29.7 Å². The van der Waals surface area contributed by atoms with E-state index >= 15 is 0 Å². The first-order valence-electron chi connectivity index (χ1n) is 13.0. The van der Waals surface area contributed by atoms with E-state index in [0.29, 0.717) is 18.9 Å². The topological polar surface area (TPSA) is 98.0 Å². The summed E-state index contributed by atoms with van der Waals surface area (Å²) < 4.78 is 10.0. The number of ether oxygens (including phenoxy) is 1. The molecule has 4 aromatic rings. The van der Waals surface area contributed by atoms with Crippen LogP contribution in [0.1, 0.15) is 26.2 Å². The lowest BCUT2D eigenvalue weighted by molar-refractivity contribution is -0.116. The fraction of sp³-hybridized carbons (Fsp3) is 0.393. The molecule has 0 spiro atoms. The number of hydrogen-bond donors (Lipinski definition) is 3. The minimum atomic E-state index is 0.00165. The van der Waals surface area contributed by atoms with Crippen molar-refractivity contribution >= 4 is 28.2 Å². The van der Waals surface area contributed by atoms with E-state index in [2.05, 4.69) is 45.3 Å². The van der Waals surface area contributed by atoms with E-state index < -0.39 is 0 Å². The second-order valence-corrected chi connectivity index (χ2v) is 10.3. The SMILES string of the molecule is CC1CC(=O)Nc2cc(OCC3CCNCC3)cc(-c3ccc4c(c3)c(-c3cnn(C)c3)nn4C)c2N1. The first-order chi connectivity index (χ1) is 17.9. The molecular weight excluding hydrogens is 466 g/mol. The number of nitrogens with zero attached hydrogens (tertiary/aromatic N) is 4. The van der Waals surface area contributed by atoms with E-state index in [0.717, 1.165) is 76.3 Å². The molecule has 2 aliphatic rings. The minimum absolute atomic E-state index is 0.00165. The molecule has 0 saturated carbocycles. The summed E-state index contributed by atoms with van der Waals surface area (Å²) in [6, 6.07) is 10.4. The Labute approximate surface area is 216 Å². The Morgan fingerprint density at radius 2 is 1.95 bits per heavy atom. The third-order valence-electron chi connectivity index (χ3n) is 7.35. The second kappa shape index (κ2) is 9.55. The van der Waals surface area contributed by atoms with Gasteiger partial charge in [0, 0.05) is 55.3 Å². The normalized spacial score (nSPS) is 18.2. The number of hydrogen-bond acceptors (Lipinski definition) is 6. The summed E-state index contributed by atoms with van der Waals surface area (Å²) in [6.45, 7) is 4.77. The van der Waals surface area contributed by atoms with E-state index in [1.807, 2.05) is 44.2 Å². The monoisotopic (exact) mass is 499 g/mol. The highest BCUT2D eigenvalue weighted by atomic mass is 16.5. The van der Waals surface area contributed by atoms with E-state index in [-0.39, 0.29) is 11.9 Å². The average molecular weight is 500 g/mol. The van der Waals surface area contributed by atoms with Gasteiger partial charge in [-0.05, 0) is 62.5 Å². The lowest BCUT2D eigenvalue weighted by atomic mass is 9.98. The molecule has 2 aliphatic heterocycles. The minimum Gasteiger partial charge on any atom is -0.493 e. The maximum absolute atomic E-state index is 12.6. The van der Waals surface area contributed by atoms with Gasteiger partial charge in [0.15, 0.2) is 0 Å². The second-order valence-electron chi connectivity index (χ2n) is 10.3. The molecule has 9 nitrogen and oxygen atoms in total. The maximum atomic E-state index is 12.6. The molecule has 1 unspecified atom stereocenters. The number of aryl methyl sites for hydroxylation is 2. The molecule has 6 rings (SSSR count). The quantitative estimate of drug-likeness (QED) is 0.381. The van der Waals surface area contributed by atoms with Crippen LogP contribution in [0.5, 0.6) is 5.75 Å². The Hall–Kier alpha value is -3.85. The highest BCUT2D eigenvalue weighted by Crippen LogP contribution is 2.42. The highest BCUT2D eigenvalue weighted by Gasteiger charge is 2.23. The maximum Gasteiger partial charge on any atom is 0.226 e. The number of piperidine rings is 1. The third-order valence-corrected chi connectivity index (χ3v) is 7.35. The van der Waals surface area contributed by atoms with Crippen molar-refractivity contribution in [1.82, 2.24) is 24.9 Å². The van der Waals surface area contributed by atoms with Crippen molar-refractivity contribution in [3.63, 3.8) is 0 Å². The molecule has 1 fully saturated rings. The van der Waals surface area contributed by atoms with Gasteiger partial charge in [-0.2, -0.15) is 10.2 Å². The van der Waals surface area contributed by atoms with Crippen molar-refractivity contribution in [2.75, 3.05) is 30.3 Å². The molecule has 1 atom stereocenters. The van der Waals surface area contributed by atoms with Crippen molar-refractivity contribution in [1.29, 1.82) is 0 Å². The van der Waals surface area contributed by atoms with Crippen LogP contribution < -0.4 is 20.7 Å². The van der Waals surface area contributed by atoms with Gasteiger partial charge >= 0.3 is 0 Å². The zero-order valence-corrected chi connectivity index (χ0v) is 21.5. The van der Waals surface area contributed by atoms with Gasteiger partial charge in [0.2, 0.25) is 5.91 Å². The number of carbonyl (C=O) groups excluding carboxylic acids is 1. The number of benzene rings is 2. The molecule has 192 valence electrons. The Bertz CT molecular complexity index is 1460. The van der Waals surface area contributed by atoms with Crippen LogP contribution in [0, 0.1) is 5.92 Å².